The second-order valence-electron chi connectivity index (χ2n) is 7.32. The number of rotatable bonds is 8. The summed E-state index contributed by atoms with van der Waals surface area (Å²) in [4.78, 5) is 25.3. The van der Waals surface area contributed by atoms with Crippen molar-refractivity contribution in [2.45, 2.75) is 25.7 Å². The number of thiocarbonyl (C=S) groups is 1. The smallest absolute Gasteiger partial charge is 0.348 e. The van der Waals surface area contributed by atoms with Crippen molar-refractivity contribution >= 4 is 61.3 Å². The zero-order chi connectivity index (χ0) is 25.6. The monoisotopic (exact) mass is 541 g/mol. The number of nitrogens with one attached hydrogen (secondary N) is 2. The second kappa shape index (κ2) is 11.9. The Morgan fingerprint density at radius 1 is 1.06 bits per heavy atom. The zero-order valence-electron chi connectivity index (χ0n) is 19.6. The van der Waals surface area contributed by atoms with E-state index in [1.807, 2.05) is 0 Å². The number of hydrogen-bond donors (Lipinski definition) is 2. The lowest BCUT2D eigenvalue weighted by molar-refractivity contribution is 0.0527. The molecule has 35 heavy (non-hydrogen) atoms. The van der Waals surface area contributed by atoms with E-state index in [2.05, 4.69) is 10.6 Å². The summed E-state index contributed by atoms with van der Waals surface area (Å²) in [5.74, 6) is -1.12. The van der Waals surface area contributed by atoms with Crippen molar-refractivity contribution in [3.05, 3.63) is 40.3 Å². The maximum Gasteiger partial charge on any atom is 0.348 e. The highest BCUT2D eigenvalue weighted by Gasteiger charge is 2.28. The van der Waals surface area contributed by atoms with Gasteiger partial charge in [0.1, 0.15) is 9.88 Å². The van der Waals surface area contributed by atoms with Gasteiger partial charge in [-0.15, -0.1) is 11.3 Å². The first-order valence-corrected chi connectivity index (χ1v) is 13.6. The Kier molecular flexibility index (Phi) is 9.19. The molecular formula is C22H27N3O7S3. The van der Waals surface area contributed by atoms with Crippen molar-refractivity contribution in [3.8, 4) is 0 Å². The van der Waals surface area contributed by atoms with Crippen LogP contribution in [0.2, 0.25) is 0 Å². The number of morpholine rings is 1. The van der Waals surface area contributed by atoms with Gasteiger partial charge in [0.05, 0.1) is 36.9 Å². The summed E-state index contributed by atoms with van der Waals surface area (Å²) in [5, 5.41) is 6.39. The number of ether oxygens (including phenoxy) is 3. The number of sulfonamides is 1. The summed E-state index contributed by atoms with van der Waals surface area (Å²) in [7, 11) is -3.61. The summed E-state index contributed by atoms with van der Waals surface area (Å²) < 4.78 is 42.4. The molecule has 0 aliphatic carbocycles. The molecule has 0 atom stereocenters. The average molecular weight is 542 g/mol. The van der Waals surface area contributed by atoms with Gasteiger partial charge in [0.25, 0.3) is 0 Å². The number of carbonyl (C=O) groups excluding carboxylic acids is 2. The van der Waals surface area contributed by atoms with Crippen LogP contribution < -0.4 is 10.6 Å². The largest absolute Gasteiger partial charge is 0.462 e. The van der Waals surface area contributed by atoms with Crippen LogP contribution in [0.3, 0.4) is 0 Å². The van der Waals surface area contributed by atoms with Crippen LogP contribution in [0.5, 0.6) is 0 Å². The van der Waals surface area contributed by atoms with Crippen molar-refractivity contribution in [1.29, 1.82) is 0 Å². The van der Waals surface area contributed by atoms with E-state index in [4.69, 9.17) is 26.4 Å². The summed E-state index contributed by atoms with van der Waals surface area (Å²) in [6.07, 6.45) is 0. The van der Waals surface area contributed by atoms with Crippen molar-refractivity contribution < 1.29 is 32.2 Å². The predicted molar refractivity (Wildman–Crippen MR) is 137 cm³/mol. The Balaban J connectivity index is 1.76. The third-order valence-electron chi connectivity index (χ3n) is 5.03. The maximum atomic E-state index is 12.8. The molecule has 1 aliphatic rings. The fraction of sp³-hybridized carbons (Fsp3) is 0.409. The molecule has 0 spiro atoms. The first-order chi connectivity index (χ1) is 16.7. The van der Waals surface area contributed by atoms with E-state index in [0.29, 0.717) is 42.6 Å². The lowest BCUT2D eigenvalue weighted by Crippen LogP contribution is -2.40. The topological polar surface area (TPSA) is 123 Å². The molecule has 0 radical (unpaired) electrons. The third-order valence-corrected chi connectivity index (χ3v) is 8.34. The molecule has 1 saturated heterocycles. The molecule has 0 bridgehead atoms. The maximum absolute atomic E-state index is 12.8. The molecule has 10 nitrogen and oxygen atoms in total. The van der Waals surface area contributed by atoms with Gasteiger partial charge in [-0.2, -0.15) is 4.31 Å². The minimum atomic E-state index is -3.61. The van der Waals surface area contributed by atoms with Crippen LogP contribution in [0.4, 0.5) is 10.7 Å². The van der Waals surface area contributed by atoms with E-state index in [-0.39, 0.29) is 33.7 Å². The van der Waals surface area contributed by atoms with E-state index in [1.165, 1.54) is 16.4 Å². The molecule has 2 N–H and O–H groups in total. The molecule has 0 unspecified atom stereocenters. The van der Waals surface area contributed by atoms with Crippen molar-refractivity contribution in [2.24, 2.45) is 0 Å². The van der Waals surface area contributed by atoms with E-state index in [9.17, 15) is 18.0 Å². The van der Waals surface area contributed by atoms with Gasteiger partial charge < -0.3 is 24.8 Å². The third kappa shape index (κ3) is 6.35. The van der Waals surface area contributed by atoms with E-state index >= 15 is 0 Å². The SMILES string of the molecule is CCOC(=O)c1sc(NC(=S)Nc2ccc(S(=O)(=O)N3CCOCC3)cc2)c(C(=O)OCC)c1C. The van der Waals surface area contributed by atoms with Crippen molar-refractivity contribution in [3.63, 3.8) is 0 Å². The van der Waals surface area contributed by atoms with Gasteiger partial charge in [0, 0.05) is 18.8 Å². The van der Waals surface area contributed by atoms with E-state index in [1.54, 1.807) is 32.9 Å². The molecule has 3 rings (SSSR count). The molecule has 1 fully saturated rings. The van der Waals surface area contributed by atoms with Gasteiger partial charge in [-0.3, -0.25) is 0 Å². The van der Waals surface area contributed by atoms with Gasteiger partial charge in [0.15, 0.2) is 5.11 Å². The Labute approximate surface area is 213 Å². The van der Waals surface area contributed by atoms with Crippen LogP contribution in [-0.4, -0.2) is 69.3 Å². The number of thiophene rings is 1. The van der Waals surface area contributed by atoms with Crippen molar-refractivity contribution in [2.75, 3.05) is 50.2 Å². The quantitative estimate of drug-likeness (QED) is 0.380. The molecule has 1 aromatic carbocycles. The second-order valence-corrected chi connectivity index (χ2v) is 10.7. The molecule has 190 valence electrons. The van der Waals surface area contributed by atoms with Gasteiger partial charge in [-0.25, -0.2) is 18.0 Å². The van der Waals surface area contributed by atoms with Gasteiger partial charge >= 0.3 is 11.9 Å². The predicted octanol–water partition coefficient (Wildman–Crippen LogP) is 3.24. The number of esters is 2. The molecule has 1 aromatic heterocycles. The summed E-state index contributed by atoms with van der Waals surface area (Å²) in [6, 6.07) is 6.18. The molecule has 0 saturated carbocycles. The van der Waals surface area contributed by atoms with Crippen LogP contribution in [0.1, 0.15) is 39.4 Å². The van der Waals surface area contributed by atoms with Crippen LogP contribution in [-0.2, 0) is 24.2 Å². The highest BCUT2D eigenvalue weighted by atomic mass is 32.2. The fourth-order valence-electron chi connectivity index (χ4n) is 3.35. The summed E-state index contributed by atoms with van der Waals surface area (Å²) in [5.41, 5.74) is 1.19. The number of anilines is 2. The number of nitrogens with zero attached hydrogens (tertiary/aromatic N) is 1. The molecule has 13 heteroatoms. The van der Waals surface area contributed by atoms with Gasteiger partial charge in [-0.1, -0.05) is 0 Å². The Morgan fingerprint density at radius 3 is 2.26 bits per heavy atom. The molecule has 1 aliphatic heterocycles. The van der Waals surface area contributed by atoms with Crippen LogP contribution >= 0.6 is 23.6 Å². The summed E-state index contributed by atoms with van der Waals surface area (Å²) >= 11 is 6.42. The lowest BCUT2D eigenvalue weighted by Gasteiger charge is -2.26. The highest BCUT2D eigenvalue weighted by molar-refractivity contribution is 7.89. The summed E-state index contributed by atoms with van der Waals surface area (Å²) in [6.45, 7) is 6.76. The standard InChI is InChI=1S/C22H27N3O7S3/c1-4-31-20(26)17-14(3)18(21(27)32-5-2)34-19(17)24-22(33)23-15-6-8-16(9-7-15)35(28,29)25-10-12-30-13-11-25/h6-9H,4-5,10-13H2,1-3H3,(H2,23,24,33). The first kappa shape index (κ1) is 27.0. The van der Waals surface area contributed by atoms with E-state index < -0.39 is 22.0 Å². The fourth-order valence-corrected chi connectivity index (χ4v) is 6.14. The minimum absolute atomic E-state index is 0.149. The Hall–Kier alpha value is -2.58. The van der Waals surface area contributed by atoms with Gasteiger partial charge in [0.2, 0.25) is 10.0 Å². The van der Waals surface area contributed by atoms with Crippen LogP contribution in [0, 0.1) is 6.92 Å². The van der Waals surface area contributed by atoms with Crippen molar-refractivity contribution in [1.82, 2.24) is 4.31 Å². The highest BCUT2D eigenvalue weighted by Crippen LogP contribution is 2.34. The lowest BCUT2D eigenvalue weighted by atomic mass is 10.1. The number of benzene rings is 1. The Morgan fingerprint density at radius 2 is 1.66 bits per heavy atom. The van der Waals surface area contributed by atoms with Crippen LogP contribution in [0.25, 0.3) is 0 Å². The van der Waals surface area contributed by atoms with E-state index in [0.717, 1.165) is 11.3 Å². The number of carbonyl (C=O) groups is 2. The normalized spacial score (nSPS) is 14.3. The average Bonchev–Trinajstić information content (AvgIpc) is 3.16. The molecule has 0 amide bonds. The Bertz CT molecular complexity index is 1190. The zero-order valence-corrected chi connectivity index (χ0v) is 22.0. The minimum Gasteiger partial charge on any atom is -0.462 e. The van der Waals surface area contributed by atoms with Gasteiger partial charge in [-0.05, 0) is 62.8 Å². The first-order valence-electron chi connectivity index (χ1n) is 10.9. The molecule has 2 heterocycles. The van der Waals surface area contributed by atoms with Crippen LogP contribution in [0.15, 0.2) is 29.2 Å². The molecular weight excluding hydrogens is 514 g/mol. The molecule has 2 aromatic rings. The number of hydrogen-bond acceptors (Lipinski definition) is 9.